The lowest BCUT2D eigenvalue weighted by atomic mass is 10.1. The van der Waals surface area contributed by atoms with E-state index in [2.05, 4.69) is 20.7 Å². The molecule has 4 amide bonds. The molecule has 2 aromatic rings. The number of methoxy groups -OCH3 is 1. The molecule has 0 spiro atoms. The second-order valence-corrected chi connectivity index (χ2v) is 6.81. The first-order valence-corrected chi connectivity index (χ1v) is 9.04. The Hall–Kier alpha value is -3.55. The zero-order valence-electron chi connectivity index (χ0n) is 17.3. The van der Waals surface area contributed by atoms with Gasteiger partial charge in [-0.05, 0) is 50.1 Å². The van der Waals surface area contributed by atoms with Crippen molar-refractivity contribution in [3.63, 3.8) is 0 Å². The molecule has 8 heteroatoms. The average Bonchev–Trinajstić information content (AvgIpc) is 2.64. The lowest BCUT2D eigenvalue weighted by Crippen LogP contribution is -2.37. The van der Waals surface area contributed by atoms with Crippen molar-refractivity contribution in [1.29, 1.82) is 0 Å². The van der Waals surface area contributed by atoms with Gasteiger partial charge in [0.15, 0.2) is 0 Å². The number of likely N-dealkylation sites (N-methyl/N-ethyl adjacent to an activating group) is 1. The third-order valence-electron chi connectivity index (χ3n) is 4.21. The van der Waals surface area contributed by atoms with Crippen LogP contribution in [0, 0.1) is 20.8 Å². The quantitative estimate of drug-likeness (QED) is 0.711. The second-order valence-electron chi connectivity index (χ2n) is 6.81. The van der Waals surface area contributed by atoms with Crippen LogP contribution >= 0.6 is 0 Å². The average molecular weight is 398 g/mol. The molecule has 2 rings (SSSR count). The number of amides is 4. The number of anilines is 3. The Morgan fingerprint density at radius 3 is 2.10 bits per heavy atom. The minimum absolute atomic E-state index is 0.112. The van der Waals surface area contributed by atoms with E-state index in [1.165, 1.54) is 19.1 Å². The Balaban J connectivity index is 1.96. The number of ether oxygens (including phenoxy) is 1. The van der Waals surface area contributed by atoms with E-state index in [-0.39, 0.29) is 12.5 Å². The maximum absolute atomic E-state index is 12.4. The summed E-state index contributed by atoms with van der Waals surface area (Å²) in [5, 5.41) is 8.08. The van der Waals surface area contributed by atoms with E-state index >= 15 is 0 Å². The molecule has 0 saturated heterocycles. The van der Waals surface area contributed by atoms with Crippen molar-refractivity contribution in [2.24, 2.45) is 0 Å². The molecule has 0 unspecified atom stereocenters. The summed E-state index contributed by atoms with van der Waals surface area (Å²) in [5.74, 6) is -0.293. The first-order chi connectivity index (χ1) is 13.7. The Morgan fingerprint density at radius 1 is 0.931 bits per heavy atom. The van der Waals surface area contributed by atoms with Gasteiger partial charge in [-0.2, -0.15) is 0 Å². The van der Waals surface area contributed by atoms with Gasteiger partial charge in [-0.15, -0.1) is 0 Å². The highest BCUT2D eigenvalue weighted by molar-refractivity contribution is 5.98. The van der Waals surface area contributed by atoms with Gasteiger partial charge in [0.25, 0.3) is 0 Å². The summed E-state index contributed by atoms with van der Waals surface area (Å²) >= 11 is 0. The lowest BCUT2D eigenvalue weighted by molar-refractivity contribution is -0.116. The summed E-state index contributed by atoms with van der Waals surface area (Å²) in [4.78, 5) is 37.3. The predicted molar refractivity (Wildman–Crippen MR) is 113 cm³/mol. The topological polar surface area (TPSA) is 99.8 Å². The molecule has 0 atom stereocenters. The van der Waals surface area contributed by atoms with Crippen LogP contribution in [0.5, 0.6) is 0 Å². The van der Waals surface area contributed by atoms with Crippen LogP contribution in [-0.2, 0) is 9.53 Å². The fourth-order valence-corrected chi connectivity index (χ4v) is 2.91. The smallest absolute Gasteiger partial charge is 0.411 e. The molecule has 8 nitrogen and oxygen atoms in total. The number of hydrogen-bond acceptors (Lipinski definition) is 4. The Labute approximate surface area is 170 Å². The number of nitrogens with one attached hydrogen (secondary N) is 3. The van der Waals surface area contributed by atoms with Crippen molar-refractivity contribution >= 4 is 35.1 Å². The molecule has 0 saturated carbocycles. The maximum atomic E-state index is 12.4. The summed E-state index contributed by atoms with van der Waals surface area (Å²) in [6.45, 7) is 5.75. The van der Waals surface area contributed by atoms with Gasteiger partial charge in [0, 0.05) is 24.1 Å². The van der Waals surface area contributed by atoms with Crippen molar-refractivity contribution in [3.8, 4) is 0 Å². The van der Waals surface area contributed by atoms with Crippen LogP contribution in [0.4, 0.5) is 26.7 Å². The summed E-state index contributed by atoms with van der Waals surface area (Å²) < 4.78 is 4.54. The van der Waals surface area contributed by atoms with Gasteiger partial charge in [-0.3, -0.25) is 10.1 Å². The van der Waals surface area contributed by atoms with Gasteiger partial charge < -0.3 is 20.3 Å². The molecular formula is C21H26N4O4. The first kappa shape index (κ1) is 21.7. The molecule has 0 aliphatic rings. The number of urea groups is 1. The number of benzene rings is 2. The monoisotopic (exact) mass is 398 g/mol. The van der Waals surface area contributed by atoms with Crippen molar-refractivity contribution < 1.29 is 19.1 Å². The van der Waals surface area contributed by atoms with Crippen LogP contribution in [0.15, 0.2) is 36.4 Å². The highest BCUT2D eigenvalue weighted by atomic mass is 16.5. The summed E-state index contributed by atoms with van der Waals surface area (Å²) in [6, 6.07) is 10.1. The zero-order valence-corrected chi connectivity index (χ0v) is 17.3. The Kier molecular flexibility index (Phi) is 7.19. The second kappa shape index (κ2) is 9.59. The molecule has 0 aliphatic carbocycles. The zero-order chi connectivity index (χ0) is 21.6. The number of rotatable bonds is 5. The van der Waals surface area contributed by atoms with E-state index in [1.54, 1.807) is 24.3 Å². The SMILES string of the molecule is COC(=O)Nc1cccc(NC(=O)N(C)CC(=O)Nc2c(C)cc(C)cc2C)c1. The van der Waals surface area contributed by atoms with Gasteiger partial charge in [0.2, 0.25) is 5.91 Å². The summed E-state index contributed by atoms with van der Waals surface area (Å²) in [6.07, 6.45) is -0.607. The van der Waals surface area contributed by atoms with Crippen molar-refractivity contribution in [2.45, 2.75) is 20.8 Å². The van der Waals surface area contributed by atoms with Gasteiger partial charge in [-0.1, -0.05) is 23.8 Å². The fraction of sp³-hybridized carbons (Fsp3) is 0.286. The maximum Gasteiger partial charge on any atom is 0.411 e. The lowest BCUT2D eigenvalue weighted by Gasteiger charge is -2.19. The molecule has 0 fully saturated rings. The third-order valence-corrected chi connectivity index (χ3v) is 4.21. The molecule has 29 heavy (non-hydrogen) atoms. The number of aryl methyl sites for hydroxylation is 3. The Bertz CT molecular complexity index is 904. The molecule has 2 aromatic carbocycles. The largest absolute Gasteiger partial charge is 0.453 e. The number of hydrogen-bond donors (Lipinski definition) is 3. The molecule has 0 bridgehead atoms. The molecule has 3 N–H and O–H groups in total. The first-order valence-electron chi connectivity index (χ1n) is 9.04. The van der Waals surface area contributed by atoms with Crippen molar-refractivity contribution in [1.82, 2.24) is 4.90 Å². The van der Waals surface area contributed by atoms with E-state index in [9.17, 15) is 14.4 Å². The molecule has 0 aliphatic heterocycles. The van der Waals surface area contributed by atoms with Gasteiger partial charge >= 0.3 is 12.1 Å². The molecule has 154 valence electrons. The van der Waals surface area contributed by atoms with Crippen molar-refractivity contribution in [2.75, 3.05) is 36.7 Å². The van der Waals surface area contributed by atoms with Crippen LogP contribution in [-0.4, -0.2) is 43.6 Å². The molecule has 0 radical (unpaired) electrons. The van der Waals surface area contributed by atoms with E-state index in [4.69, 9.17) is 0 Å². The number of carbonyl (C=O) groups is 3. The summed E-state index contributed by atoms with van der Waals surface area (Å²) in [7, 11) is 2.79. The number of carbonyl (C=O) groups excluding carboxylic acids is 3. The minimum Gasteiger partial charge on any atom is -0.453 e. The van der Waals surface area contributed by atoms with Crippen LogP contribution in [0.2, 0.25) is 0 Å². The Morgan fingerprint density at radius 2 is 1.52 bits per heavy atom. The van der Waals surface area contributed by atoms with Crippen LogP contribution in [0.1, 0.15) is 16.7 Å². The van der Waals surface area contributed by atoms with Gasteiger partial charge in [0.1, 0.15) is 6.54 Å². The number of nitrogens with zero attached hydrogens (tertiary/aromatic N) is 1. The normalized spacial score (nSPS) is 10.1. The van der Waals surface area contributed by atoms with E-state index in [1.807, 2.05) is 32.9 Å². The standard InChI is InChI=1S/C21H26N4O4/c1-13-9-14(2)19(15(3)10-13)24-18(26)12-25(4)20(27)22-16-7-6-8-17(11-16)23-21(28)29-5/h6-11H,12H2,1-5H3,(H,22,27)(H,23,28)(H,24,26). The van der Waals surface area contributed by atoms with E-state index in [0.717, 1.165) is 22.4 Å². The minimum atomic E-state index is -0.607. The third kappa shape index (κ3) is 6.24. The highest BCUT2D eigenvalue weighted by Crippen LogP contribution is 2.22. The van der Waals surface area contributed by atoms with Gasteiger partial charge in [-0.25, -0.2) is 9.59 Å². The predicted octanol–water partition coefficient (Wildman–Crippen LogP) is 3.89. The van der Waals surface area contributed by atoms with Gasteiger partial charge in [0.05, 0.1) is 7.11 Å². The van der Waals surface area contributed by atoms with Crippen molar-refractivity contribution in [3.05, 3.63) is 53.1 Å². The van der Waals surface area contributed by atoms with Crippen LogP contribution in [0.25, 0.3) is 0 Å². The van der Waals surface area contributed by atoms with Crippen LogP contribution in [0.3, 0.4) is 0 Å². The van der Waals surface area contributed by atoms with Crippen LogP contribution < -0.4 is 16.0 Å². The van der Waals surface area contributed by atoms with E-state index < -0.39 is 12.1 Å². The molecule has 0 aromatic heterocycles. The highest BCUT2D eigenvalue weighted by Gasteiger charge is 2.15. The molecule has 0 heterocycles. The van der Waals surface area contributed by atoms with E-state index in [0.29, 0.717) is 11.4 Å². The summed E-state index contributed by atoms with van der Waals surface area (Å²) in [5.41, 5.74) is 4.77. The molecular weight excluding hydrogens is 372 g/mol. The fourth-order valence-electron chi connectivity index (χ4n) is 2.91.